The molecule has 0 saturated heterocycles. The number of anilines is 1. The molecule has 3 N–H and O–H groups in total. The third-order valence-corrected chi connectivity index (χ3v) is 3.97. The summed E-state index contributed by atoms with van der Waals surface area (Å²) in [7, 11) is 0. The highest BCUT2D eigenvalue weighted by Crippen LogP contribution is 2.39. The van der Waals surface area contributed by atoms with Crippen molar-refractivity contribution >= 4 is 23.2 Å². The van der Waals surface area contributed by atoms with Gasteiger partial charge in [0.15, 0.2) is 11.5 Å². The second kappa shape index (κ2) is 4.58. The molecule has 0 aromatic heterocycles. The number of halogens is 1. The summed E-state index contributed by atoms with van der Waals surface area (Å²) in [6, 6.07) is 3.30. The molecule has 0 bridgehead atoms. The fourth-order valence-electron chi connectivity index (χ4n) is 2.49. The summed E-state index contributed by atoms with van der Waals surface area (Å²) >= 11 is 6.11. The highest BCUT2D eigenvalue weighted by Gasteiger charge is 2.37. The summed E-state index contributed by atoms with van der Waals surface area (Å²) < 4.78 is 10.5. The Hall–Kier alpha value is -1.46. The Balaban J connectivity index is 1.82. The van der Waals surface area contributed by atoms with Gasteiger partial charge in [-0.25, -0.2) is 0 Å². The molecule has 1 saturated carbocycles. The first-order chi connectivity index (χ1) is 9.08. The number of nitrogens with two attached hydrogens (primary N) is 1. The number of ether oxygens (including phenoxy) is 2. The van der Waals surface area contributed by atoms with Gasteiger partial charge >= 0.3 is 0 Å². The van der Waals surface area contributed by atoms with Crippen molar-refractivity contribution in [2.45, 2.75) is 31.2 Å². The van der Waals surface area contributed by atoms with Crippen LogP contribution in [-0.2, 0) is 4.79 Å². The minimum Gasteiger partial charge on any atom is -0.454 e. The van der Waals surface area contributed by atoms with Crippen LogP contribution in [0.15, 0.2) is 12.1 Å². The summed E-state index contributed by atoms with van der Waals surface area (Å²) in [5.74, 6) is 0.981. The van der Waals surface area contributed by atoms with E-state index in [2.05, 4.69) is 5.32 Å². The molecule has 5 nitrogen and oxygen atoms in total. The van der Waals surface area contributed by atoms with Gasteiger partial charge in [-0.15, -0.1) is 0 Å². The van der Waals surface area contributed by atoms with Crippen molar-refractivity contribution < 1.29 is 14.3 Å². The number of hydrogen-bond acceptors (Lipinski definition) is 4. The number of benzene rings is 1. The third kappa shape index (κ3) is 2.24. The van der Waals surface area contributed by atoms with E-state index in [9.17, 15) is 4.79 Å². The Morgan fingerprint density at radius 3 is 2.58 bits per heavy atom. The maximum Gasteiger partial charge on any atom is 0.244 e. The summed E-state index contributed by atoms with van der Waals surface area (Å²) in [4.78, 5) is 12.2. The first kappa shape index (κ1) is 12.6. The quantitative estimate of drug-likeness (QED) is 0.873. The van der Waals surface area contributed by atoms with E-state index in [0.29, 0.717) is 35.1 Å². The highest BCUT2D eigenvalue weighted by atomic mass is 35.5. The molecule has 0 radical (unpaired) electrons. The van der Waals surface area contributed by atoms with Gasteiger partial charge in [0.25, 0.3) is 0 Å². The standard InChI is InChI=1S/C13H15ClN2O3/c14-8-5-10-11(19-7-18-10)6-9(8)16-12(17)13(15)3-1-2-4-13/h5-6H,1-4,7,15H2,(H,16,17). The first-order valence-electron chi connectivity index (χ1n) is 6.28. The van der Waals surface area contributed by atoms with E-state index in [1.165, 1.54) is 0 Å². The lowest BCUT2D eigenvalue weighted by Crippen LogP contribution is -2.48. The topological polar surface area (TPSA) is 73.6 Å². The van der Waals surface area contributed by atoms with Crippen LogP contribution < -0.4 is 20.5 Å². The molecule has 1 aromatic rings. The van der Waals surface area contributed by atoms with Crippen LogP contribution in [0.4, 0.5) is 5.69 Å². The fraction of sp³-hybridized carbons (Fsp3) is 0.462. The monoisotopic (exact) mass is 282 g/mol. The largest absolute Gasteiger partial charge is 0.454 e. The molecule has 102 valence electrons. The molecule has 1 aliphatic heterocycles. The zero-order valence-corrected chi connectivity index (χ0v) is 11.1. The Morgan fingerprint density at radius 1 is 1.26 bits per heavy atom. The fourth-order valence-corrected chi connectivity index (χ4v) is 2.69. The summed E-state index contributed by atoms with van der Waals surface area (Å²) in [5, 5.41) is 3.21. The Morgan fingerprint density at radius 2 is 1.89 bits per heavy atom. The lowest BCUT2D eigenvalue weighted by atomic mass is 9.98. The molecule has 2 aliphatic rings. The van der Waals surface area contributed by atoms with Crippen LogP contribution in [0.2, 0.25) is 5.02 Å². The van der Waals surface area contributed by atoms with Gasteiger partial charge in [-0.2, -0.15) is 0 Å². The summed E-state index contributed by atoms with van der Waals surface area (Å²) in [6.45, 7) is 0.171. The van der Waals surface area contributed by atoms with Gasteiger partial charge in [0.2, 0.25) is 12.7 Å². The molecule has 1 aromatic carbocycles. The van der Waals surface area contributed by atoms with Crippen LogP contribution in [0, 0.1) is 0 Å². The molecule has 1 fully saturated rings. The van der Waals surface area contributed by atoms with E-state index in [1.807, 2.05) is 0 Å². The first-order valence-corrected chi connectivity index (χ1v) is 6.66. The van der Waals surface area contributed by atoms with E-state index in [4.69, 9.17) is 26.8 Å². The van der Waals surface area contributed by atoms with Gasteiger partial charge in [0.05, 0.1) is 16.2 Å². The van der Waals surface area contributed by atoms with Gasteiger partial charge in [-0.1, -0.05) is 24.4 Å². The van der Waals surface area contributed by atoms with Crippen LogP contribution in [0.3, 0.4) is 0 Å². The van der Waals surface area contributed by atoms with Crippen molar-refractivity contribution in [1.82, 2.24) is 0 Å². The highest BCUT2D eigenvalue weighted by molar-refractivity contribution is 6.34. The number of fused-ring (bicyclic) bond motifs is 1. The average molecular weight is 283 g/mol. The van der Waals surface area contributed by atoms with Gasteiger partial charge in [-0.3, -0.25) is 4.79 Å². The summed E-state index contributed by atoms with van der Waals surface area (Å²) in [5.41, 5.74) is 5.83. The molecular formula is C13H15ClN2O3. The molecule has 0 unspecified atom stereocenters. The van der Waals surface area contributed by atoms with Crippen LogP contribution in [0.25, 0.3) is 0 Å². The molecule has 1 aliphatic carbocycles. The Kier molecular flexibility index (Phi) is 3.03. The summed E-state index contributed by atoms with van der Waals surface area (Å²) in [6.07, 6.45) is 3.39. The molecule has 1 heterocycles. The second-order valence-electron chi connectivity index (χ2n) is 5.00. The zero-order valence-electron chi connectivity index (χ0n) is 10.4. The van der Waals surface area contributed by atoms with E-state index in [0.717, 1.165) is 12.8 Å². The van der Waals surface area contributed by atoms with Gasteiger partial charge in [0.1, 0.15) is 0 Å². The maximum atomic E-state index is 12.2. The number of nitrogens with one attached hydrogen (secondary N) is 1. The minimum absolute atomic E-state index is 0.171. The van der Waals surface area contributed by atoms with Crippen LogP contribution >= 0.6 is 11.6 Å². The molecule has 0 atom stereocenters. The van der Waals surface area contributed by atoms with E-state index >= 15 is 0 Å². The normalized spacial score (nSPS) is 19.5. The second-order valence-corrected chi connectivity index (χ2v) is 5.41. The molecular weight excluding hydrogens is 268 g/mol. The zero-order chi connectivity index (χ0) is 13.5. The Bertz CT molecular complexity index is 527. The van der Waals surface area contributed by atoms with E-state index in [1.54, 1.807) is 12.1 Å². The van der Waals surface area contributed by atoms with Crippen LogP contribution in [-0.4, -0.2) is 18.2 Å². The number of carbonyl (C=O) groups excluding carboxylic acids is 1. The SMILES string of the molecule is NC1(C(=O)Nc2cc3c(cc2Cl)OCO3)CCCC1. The van der Waals surface area contributed by atoms with Crippen molar-refractivity contribution in [3.05, 3.63) is 17.2 Å². The van der Waals surface area contributed by atoms with Gasteiger partial charge in [0, 0.05) is 12.1 Å². The van der Waals surface area contributed by atoms with Crippen molar-refractivity contribution in [2.75, 3.05) is 12.1 Å². The van der Waals surface area contributed by atoms with Gasteiger partial charge < -0.3 is 20.5 Å². The third-order valence-electron chi connectivity index (χ3n) is 3.66. The van der Waals surface area contributed by atoms with Crippen molar-refractivity contribution in [3.63, 3.8) is 0 Å². The van der Waals surface area contributed by atoms with Crippen molar-refractivity contribution in [3.8, 4) is 11.5 Å². The lowest BCUT2D eigenvalue weighted by molar-refractivity contribution is -0.121. The maximum absolute atomic E-state index is 12.2. The molecule has 1 amide bonds. The van der Waals surface area contributed by atoms with Gasteiger partial charge in [-0.05, 0) is 12.8 Å². The van der Waals surface area contributed by atoms with Crippen LogP contribution in [0.5, 0.6) is 11.5 Å². The average Bonchev–Trinajstić information content (AvgIpc) is 2.99. The van der Waals surface area contributed by atoms with E-state index in [-0.39, 0.29) is 12.7 Å². The Labute approximate surface area is 116 Å². The molecule has 19 heavy (non-hydrogen) atoms. The molecule has 6 heteroatoms. The minimum atomic E-state index is -0.778. The number of amides is 1. The smallest absolute Gasteiger partial charge is 0.244 e. The lowest BCUT2D eigenvalue weighted by Gasteiger charge is -2.22. The number of hydrogen-bond donors (Lipinski definition) is 2. The predicted molar refractivity (Wildman–Crippen MR) is 71.6 cm³/mol. The van der Waals surface area contributed by atoms with Crippen molar-refractivity contribution in [1.29, 1.82) is 0 Å². The predicted octanol–water partition coefficient (Wildman–Crippen LogP) is 2.28. The van der Waals surface area contributed by atoms with Crippen LogP contribution in [0.1, 0.15) is 25.7 Å². The molecule has 0 spiro atoms. The molecule has 3 rings (SSSR count). The number of rotatable bonds is 2. The number of carbonyl (C=O) groups is 1. The van der Waals surface area contributed by atoms with Crippen molar-refractivity contribution in [2.24, 2.45) is 5.73 Å². The van der Waals surface area contributed by atoms with E-state index < -0.39 is 5.54 Å².